The van der Waals surface area contributed by atoms with Crippen molar-refractivity contribution in [2.45, 2.75) is 6.92 Å². The minimum absolute atomic E-state index is 0.101. The number of nitro groups is 1. The first-order chi connectivity index (χ1) is 14.0. The van der Waals surface area contributed by atoms with Gasteiger partial charge in [0.1, 0.15) is 11.4 Å². The summed E-state index contributed by atoms with van der Waals surface area (Å²) in [6.07, 6.45) is 0. The van der Waals surface area contributed by atoms with Gasteiger partial charge in [-0.05, 0) is 31.2 Å². The van der Waals surface area contributed by atoms with Crippen LogP contribution in [0.4, 0.5) is 17.1 Å². The van der Waals surface area contributed by atoms with Crippen LogP contribution >= 0.6 is 0 Å². The fraction of sp³-hybridized carbons (Fsp3) is 0.450. The van der Waals surface area contributed by atoms with Gasteiger partial charge in [-0.3, -0.25) is 14.9 Å². The molecule has 9 heteroatoms. The molecule has 29 heavy (non-hydrogen) atoms. The fourth-order valence-corrected chi connectivity index (χ4v) is 3.79. The number of anilines is 2. The summed E-state index contributed by atoms with van der Waals surface area (Å²) in [6.45, 7) is 6.67. The van der Waals surface area contributed by atoms with E-state index in [1.54, 1.807) is 29.2 Å². The Hall–Kier alpha value is -3.07. The Morgan fingerprint density at radius 2 is 1.72 bits per heavy atom. The van der Waals surface area contributed by atoms with Crippen molar-refractivity contribution in [2.24, 2.45) is 0 Å². The van der Waals surface area contributed by atoms with E-state index in [-0.39, 0.29) is 16.5 Å². The molecule has 0 atom stereocenters. The Kier molecular flexibility index (Phi) is 5.39. The van der Waals surface area contributed by atoms with E-state index in [0.717, 1.165) is 5.69 Å². The molecule has 2 saturated heterocycles. The van der Waals surface area contributed by atoms with Crippen LogP contribution in [0.15, 0.2) is 34.7 Å². The number of furan rings is 1. The molecule has 2 aliphatic heterocycles. The molecule has 154 valence electrons. The summed E-state index contributed by atoms with van der Waals surface area (Å²) in [7, 11) is 0. The second-order valence-corrected chi connectivity index (χ2v) is 7.22. The molecule has 0 unspecified atom stereocenters. The highest BCUT2D eigenvalue weighted by Gasteiger charge is 2.27. The summed E-state index contributed by atoms with van der Waals surface area (Å²) in [5.74, 6) is 0.977. The van der Waals surface area contributed by atoms with Crippen LogP contribution in [0, 0.1) is 17.0 Å². The number of amides is 1. The molecule has 2 aromatic rings. The molecule has 0 radical (unpaired) electrons. The van der Waals surface area contributed by atoms with Crippen LogP contribution < -0.4 is 9.80 Å². The van der Waals surface area contributed by atoms with Crippen molar-refractivity contribution in [3.8, 4) is 0 Å². The van der Waals surface area contributed by atoms with Crippen LogP contribution in [0.3, 0.4) is 0 Å². The lowest BCUT2D eigenvalue weighted by Gasteiger charge is -2.36. The van der Waals surface area contributed by atoms with Gasteiger partial charge in [0.2, 0.25) is 0 Å². The lowest BCUT2D eigenvalue weighted by Crippen LogP contribution is -2.48. The minimum atomic E-state index is -0.337. The number of nitro benzene ring substituents is 1. The highest BCUT2D eigenvalue weighted by atomic mass is 16.6. The molecular formula is C20H24N4O5. The summed E-state index contributed by atoms with van der Waals surface area (Å²) >= 11 is 0. The zero-order chi connectivity index (χ0) is 20.4. The molecule has 0 bridgehead atoms. The first kappa shape index (κ1) is 19.3. The standard InChI is InChI=1S/C20H24N4O5/c1-15-2-5-19(29-15)20(25)23-8-6-21(7-9-23)16-3-4-17(24(26)27)18(14-16)22-10-12-28-13-11-22/h2-5,14H,6-13H2,1H3. The Morgan fingerprint density at radius 3 is 2.34 bits per heavy atom. The summed E-state index contributed by atoms with van der Waals surface area (Å²) in [5, 5.41) is 11.5. The van der Waals surface area contributed by atoms with Gasteiger partial charge >= 0.3 is 0 Å². The third kappa shape index (κ3) is 4.04. The van der Waals surface area contributed by atoms with E-state index < -0.39 is 0 Å². The first-order valence-electron chi connectivity index (χ1n) is 9.75. The second kappa shape index (κ2) is 8.12. The van der Waals surface area contributed by atoms with Gasteiger partial charge in [0.05, 0.1) is 18.1 Å². The van der Waals surface area contributed by atoms with Crippen LogP contribution in [-0.4, -0.2) is 68.2 Å². The predicted molar refractivity (Wildman–Crippen MR) is 108 cm³/mol. The van der Waals surface area contributed by atoms with E-state index >= 15 is 0 Å². The number of hydrogen-bond donors (Lipinski definition) is 0. The predicted octanol–water partition coefficient (Wildman–Crippen LogP) is 2.30. The minimum Gasteiger partial charge on any atom is -0.456 e. The van der Waals surface area contributed by atoms with Crippen molar-refractivity contribution in [3.63, 3.8) is 0 Å². The maximum Gasteiger partial charge on any atom is 0.292 e. The van der Waals surface area contributed by atoms with Gasteiger partial charge in [0.15, 0.2) is 5.76 Å². The molecule has 9 nitrogen and oxygen atoms in total. The normalized spacial score (nSPS) is 17.5. The number of hydrogen-bond acceptors (Lipinski definition) is 7. The highest BCUT2D eigenvalue weighted by Crippen LogP contribution is 2.33. The molecule has 2 fully saturated rings. The van der Waals surface area contributed by atoms with E-state index in [2.05, 4.69) is 4.90 Å². The van der Waals surface area contributed by atoms with Gasteiger partial charge in [0.25, 0.3) is 11.6 Å². The number of ether oxygens (including phenoxy) is 1. The van der Waals surface area contributed by atoms with Crippen molar-refractivity contribution in [1.29, 1.82) is 0 Å². The number of carbonyl (C=O) groups is 1. The topological polar surface area (TPSA) is 92.3 Å². The molecule has 0 N–H and O–H groups in total. The number of morpholine rings is 1. The Balaban J connectivity index is 1.48. The number of aryl methyl sites for hydroxylation is 1. The van der Waals surface area contributed by atoms with E-state index in [9.17, 15) is 14.9 Å². The average molecular weight is 400 g/mol. The number of nitrogens with zero attached hydrogens (tertiary/aromatic N) is 4. The average Bonchev–Trinajstić information content (AvgIpc) is 3.20. The van der Waals surface area contributed by atoms with Gasteiger partial charge in [-0.1, -0.05) is 0 Å². The Morgan fingerprint density at radius 1 is 1.00 bits per heavy atom. The maximum absolute atomic E-state index is 12.6. The molecule has 0 aliphatic carbocycles. The molecule has 1 amide bonds. The summed E-state index contributed by atoms with van der Waals surface area (Å²) in [5.41, 5.74) is 1.66. The molecular weight excluding hydrogens is 376 g/mol. The third-order valence-corrected chi connectivity index (χ3v) is 5.39. The first-order valence-corrected chi connectivity index (χ1v) is 9.75. The van der Waals surface area contributed by atoms with Crippen LogP contribution in [0.25, 0.3) is 0 Å². The lowest BCUT2D eigenvalue weighted by atomic mass is 10.1. The van der Waals surface area contributed by atoms with Gasteiger partial charge < -0.3 is 23.9 Å². The number of benzene rings is 1. The fourth-order valence-electron chi connectivity index (χ4n) is 3.79. The molecule has 4 rings (SSSR count). The van der Waals surface area contributed by atoms with E-state index in [4.69, 9.17) is 9.15 Å². The highest BCUT2D eigenvalue weighted by molar-refractivity contribution is 5.91. The van der Waals surface area contributed by atoms with Crippen LogP contribution in [0.2, 0.25) is 0 Å². The van der Waals surface area contributed by atoms with E-state index in [0.29, 0.717) is 69.7 Å². The second-order valence-electron chi connectivity index (χ2n) is 7.22. The summed E-state index contributed by atoms with van der Waals surface area (Å²) in [4.78, 5) is 29.6. The Bertz CT molecular complexity index is 898. The van der Waals surface area contributed by atoms with Crippen LogP contribution in [0.5, 0.6) is 0 Å². The smallest absolute Gasteiger partial charge is 0.292 e. The Labute approximate surface area is 168 Å². The lowest BCUT2D eigenvalue weighted by molar-refractivity contribution is -0.384. The van der Waals surface area contributed by atoms with E-state index in [1.807, 2.05) is 17.9 Å². The summed E-state index contributed by atoms with van der Waals surface area (Å²) in [6, 6.07) is 8.73. The summed E-state index contributed by atoms with van der Waals surface area (Å²) < 4.78 is 10.8. The van der Waals surface area contributed by atoms with Gasteiger partial charge in [-0.25, -0.2) is 0 Å². The number of carbonyl (C=O) groups excluding carboxylic acids is 1. The van der Waals surface area contributed by atoms with Crippen molar-refractivity contribution < 1.29 is 18.9 Å². The van der Waals surface area contributed by atoms with Crippen molar-refractivity contribution in [3.05, 3.63) is 52.0 Å². The van der Waals surface area contributed by atoms with Gasteiger partial charge in [0, 0.05) is 51.0 Å². The molecule has 1 aromatic carbocycles. The quantitative estimate of drug-likeness (QED) is 0.574. The van der Waals surface area contributed by atoms with Crippen LogP contribution in [0.1, 0.15) is 16.3 Å². The van der Waals surface area contributed by atoms with Crippen molar-refractivity contribution in [1.82, 2.24) is 4.90 Å². The molecule has 0 spiro atoms. The number of rotatable bonds is 4. The maximum atomic E-state index is 12.6. The number of piperazine rings is 1. The molecule has 0 saturated carbocycles. The zero-order valence-electron chi connectivity index (χ0n) is 16.4. The SMILES string of the molecule is Cc1ccc(C(=O)N2CCN(c3ccc([N+](=O)[O-])c(N4CCOCC4)c3)CC2)o1. The zero-order valence-corrected chi connectivity index (χ0v) is 16.4. The largest absolute Gasteiger partial charge is 0.456 e. The van der Waals surface area contributed by atoms with Crippen LogP contribution in [-0.2, 0) is 4.74 Å². The molecule has 3 heterocycles. The third-order valence-electron chi connectivity index (χ3n) is 5.39. The van der Waals surface area contributed by atoms with Gasteiger partial charge in [-0.2, -0.15) is 0 Å². The van der Waals surface area contributed by atoms with Gasteiger partial charge in [-0.15, -0.1) is 0 Å². The van der Waals surface area contributed by atoms with Crippen molar-refractivity contribution >= 4 is 23.0 Å². The molecule has 1 aromatic heterocycles. The monoisotopic (exact) mass is 400 g/mol. The molecule has 2 aliphatic rings. The van der Waals surface area contributed by atoms with E-state index in [1.165, 1.54) is 0 Å². The van der Waals surface area contributed by atoms with Crippen molar-refractivity contribution in [2.75, 3.05) is 62.3 Å².